The molecule has 0 saturated heterocycles. The fourth-order valence-corrected chi connectivity index (χ4v) is 1.22. The molecule has 8 heteroatoms. The molecule has 0 aliphatic rings. The van der Waals surface area contributed by atoms with Gasteiger partial charge in [0.2, 0.25) is 0 Å². The standard InChI is InChI=1S/C10H15F3O5/c1-3-9(7(14)15,8(16)18-4-2)5-17-6-10(11,12)13/h3-6H2,1-2H3,(H,14,15). The summed E-state index contributed by atoms with van der Waals surface area (Å²) in [5, 5.41) is 8.99. The highest BCUT2D eigenvalue weighted by atomic mass is 19.4. The first-order chi connectivity index (χ1) is 8.19. The number of carboxylic acids is 1. The second-order valence-electron chi connectivity index (χ2n) is 3.57. The maximum Gasteiger partial charge on any atom is 0.411 e. The van der Waals surface area contributed by atoms with Gasteiger partial charge in [0.1, 0.15) is 6.61 Å². The molecule has 0 heterocycles. The van der Waals surface area contributed by atoms with Crippen molar-refractivity contribution in [3.8, 4) is 0 Å². The van der Waals surface area contributed by atoms with Gasteiger partial charge >= 0.3 is 18.1 Å². The zero-order valence-corrected chi connectivity index (χ0v) is 10.0. The monoisotopic (exact) mass is 272 g/mol. The molecule has 0 saturated carbocycles. The number of halogens is 3. The number of rotatable bonds is 7. The van der Waals surface area contributed by atoms with Crippen molar-refractivity contribution in [3.05, 3.63) is 0 Å². The van der Waals surface area contributed by atoms with Crippen molar-refractivity contribution in [3.63, 3.8) is 0 Å². The topological polar surface area (TPSA) is 72.8 Å². The summed E-state index contributed by atoms with van der Waals surface area (Å²) in [6.45, 7) is 0.282. The number of hydrogen-bond acceptors (Lipinski definition) is 4. The van der Waals surface area contributed by atoms with Crippen LogP contribution in [0.4, 0.5) is 13.2 Å². The maximum atomic E-state index is 11.9. The Morgan fingerprint density at radius 2 is 1.72 bits per heavy atom. The highest BCUT2D eigenvalue weighted by molar-refractivity contribution is 5.99. The first kappa shape index (κ1) is 16.7. The second kappa shape index (κ2) is 6.58. The van der Waals surface area contributed by atoms with Crippen molar-refractivity contribution < 1.29 is 37.3 Å². The molecular weight excluding hydrogens is 257 g/mol. The van der Waals surface area contributed by atoms with Gasteiger partial charge in [0.15, 0.2) is 5.41 Å². The summed E-state index contributed by atoms with van der Waals surface area (Å²) in [5.41, 5.74) is -2.10. The number of carbonyl (C=O) groups excluding carboxylic acids is 1. The number of alkyl halides is 3. The van der Waals surface area contributed by atoms with Gasteiger partial charge in [-0.25, -0.2) is 0 Å². The van der Waals surface area contributed by atoms with E-state index in [4.69, 9.17) is 5.11 Å². The lowest BCUT2D eigenvalue weighted by molar-refractivity contribution is -0.194. The van der Waals surface area contributed by atoms with Crippen LogP contribution in [0.3, 0.4) is 0 Å². The average Bonchev–Trinajstić information content (AvgIpc) is 2.22. The number of carbonyl (C=O) groups is 2. The Balaban J connectivity index is 4.78. The van der Waals surface area contributed by atoms with E-state index in [2.05, 4.69) is 9.47 Å². The minimum Gasteiger partial charge on any atom is -0.480 e. The molecule has 0 rings (SSSR count). The van der Waals surface area contributed by atoms with Crippen LogP contribution in [-0.4, -0.2) is 43.0 Å². The van der Waals surface area contributed by atoms with Crippen molar-refractivity contribution in [1.29, 1.82) is 0 Å². The third kappa shape index (κ3) is 4.52. The Morgan fingerprint density at radius 3 is 2.06 bits per heavy atom. The van der Waals surface area contributed by atoms with E-state index in [0.717, 1.165) is 0 Å². The van der Waals surface area contributed by atoms with E-state index in [1.165, 1.54) is 13.8 Å². The summed E-state index contributed by atoms with van der Waals surface area (Å²) in [4.78, 5) is 22.6. The van der Waals surface area contributed by atoms with E-state index in [0.29, 0.717) is 0 Å². The molecule has 0 aliphatic heterocycles. The molecular formula is C10H15F3O5. The lowest BCUT2D eigenvalue weighted by atomic mass is 9.86. The Morgan fingerprint density at radius 1 is 1.17 bits per heavy atom. The number of aliphatic carboxylic acids is 1. The summed E-state index contributed by atoms with van der Waals surface area (Å²) in [6.07, 6.45) is -4.80. The summed E-state index contributed by atoms with van der Waals surface area (Å²) in [5.74, 6) is -2.66. The molecule has 18 heavy (non-hydrogen) atoms. The Bertz CT molecular complexity index is 302. The van der Waals surface area contributed by atoms with Crippen molar-refractivity contribution in [2.24, 2.45) is 5.41 Å². The van der Waals surface area contributed by atoms with Crippen molar-refractivity contribution >= 4 is 11.9 Å². The molecule has 0 aromatic heterocycles. The number of hydrogen-bond donors (Lipinski definition) is 1. The van der Waals surface area contributed by atoms with Gasteiger partial charge in [-0.2, -0.15) is 13.2 Å². The molecule has 5 nitrogen and oxygen atoms in total. The first-order valence-electron chi connectivity index (χ1n) is 5.24. The zero-order valence-electron chi connectivity index (χ0n) is 10.0. The molecule has 1 N–H and O–H groups in total. The van der Waals surface area contributed by atoms with Gasteiger partial charge in [-0.1, -0.05) is 6.92 Å². The van der Waals surface area contributed by atoms with E-state index in [9.17, 15) is 22.8 Å². The molecule has 0 radical (unpaired) electrons. The molecule has 0 aromatic carbocycles. The smallest absolute Gasteiger partial charge is 0.411 e. The quantitative estimate of drug-likeness (QED) is 0.563. The summed E-state index contributed by atoms with van der Waals surface area (Å²) < 4.78 is 44.5. The van der Waals surface area contributed by atoms with Crippen LogP contribution in [-0.2, 0) is 19.1 Å². The SMILES string of the molecule is CCOC(=O)C(CC)(COCC(F)(F)F)C(=O)O. The largest absolute Gasteiger partial charge is 0.480 e. The minimum atomic E-state index is -4.58. The molecule has 1 atom stereocenters. The van der Waals surface area contributed by atoms with Crippen LogP contribution >= 0.6 is 0 Å². The van der Waals surface area contributed by atoms with Crippen molar-refractivity contribution in [2.45, 2.75) is 26.4 Å². The Hall–Kier alpha value is -1.31. The Kier molecular flexibility index (Phi) is 6.10. The van der Waals surface area contributed by atoms with Crippen LogP contribution in [0.2, 0.25) is 0 Å². The number of ether oxygens (including phenoxy) is 2. The molecule has 0 spiro atoms. The van der Waals surface area contributed by atoms with E-state index in [1.807, 2.05) is 0 Å². The fraction of sp³-hybridized carbons (Fsp3) is 0.800. The third-order valence-corrected chi connectivity index (χ3v) is 2.29. The molecule has 0 bridgehead atoms. The predicted molar refractivity (Wildman–Crippen MR) is 53.9 cm³/mol. The molecule has 0 fully saturated rings. The lowest BCUT2D eigenvalue weighted by Gasteiger charge is -2.25. The van der Waals surface area contributed by atoms with Crippen LogP contribution in [0, 0.1) is 5.41 Å². The molecule has 106 valence electrons. The van der Waals surface area contributed by atoms with Gasteiger partial charge in [-0.15, -0.1) is 0 Å². The van der Waals surface area contributed by atoms with Crippen LogP contribution < -0.4 is 0 Å². The zero-order chi connectivity index (χ0) is 14.4. The van der Waals surface area contributed by atoms with E-state index < -0.39 is 36.7 Å². The predicted octanol–water partition coefficient (Wildman–Crippen LogP) is 1.61. The summed E-state index contributed by atoms with van der Waals surface area (Å²) >= 11 is 0. The van der Waals surface area contributed by atoms with E-state index >= 15 is 0 Å². The van der Waals surface area contributed by atoms with Crippen molar-refractivity contribution in [2.75, 3.05) is 19.8 Å². The van der Waals surface area contributed by atoms with E-state index in [-0.39, 0.29) is 13.0 Å². The van der Waals surface area contributed by atoms with E-state index in [1.54, 1.807) is 0 Å². The van der Waals surface area contributed by atoms with Gasteiger partial charge in [0.05, 0.1) is 13.2 Å². The molecule has 0 aromatic rings. The number of carboxylic acid groups (broad SMARTS) is 1. The van der Waals surface area contributed by atoms with Gasteiger partial charge in [-0.3, -0.25) is 9.59 Å². The summed E-state index contributed by atoms with van der Waals surface area (Å²) in [6, 6.07) is 0. The minimum absolute atomic E-state index is 0.0624. The molecule has 1 unspecified atom stereocenters. The Labute approximate surface area is 102 Å². The van der Waals surface area contributed by atoms with Crippen LogP contribution in [0.1, 0.15) is 20.3 Å². The number of esters is 1. The highest BCUT2D eigenvalue weighted by Gasteiger charge is 2.47. The molecule has 0 amide bonds. The van der Waals surface area contributed by atoms with Gasteiger partial charge in [0.25, 0.3) is 0 Å². The van der Waals surface area contributed by atoms with Crippen LogP contribution in [0.15, 0.2) is 0 Å². The van der Waals surface area contributed by atoms with Gasteiger partial charge in [-0.05, 0) is 13.3 Å². The second-order valence-corrected chi connectivity index (χ2v) is 3.57. The maximum absolute atomic E-state index is 11.9. The first-order valence-corrected chi connectivity index (χ1v) is 5.24. The van der Waals surface area contributed by atoms with Gasteiger partial charge in [0, 0.05) is 0 Å². The third-order valence-electron chi connectivity index (χ3n) is 2.29. The molecule has 0 aliphatic carbocycles. The average molecular weight is 272 g/mol. The lowest BCUT2D eigenvalue weighted by Crippen LogP contribution is -2.44. The van der Waals surface area contributed by atoms with Gasteiger partial charge < -0.3 is 14.6 Å². The van der Waals surface area contributed by atoms with Crippen LogP contribution in [0.5, 0.6) is 0 Å². The van der Waals surface area contributed by atoms with Crippen LogP contribution in [0.25, 0.3) is 0 Å². The summed E-state index contributed by atoms with van der Waals surface area (Å²) in [7, 11) is 0. The normalized spacial score (nSPS) is 14.9. The highest BCUT2D eigenvalue weighted by Crippen LogP contribution is 2.26. The van der Waals surface area contributed by atoms with Crippen molar-refractivity contribution in [1.82, 2.24) is 0 Å². The fourth-order valence-electron chi connectivity index (χ4n) is 1.22.